The first-order chi connectivity index (χ1) is 12.8. The van der Waals surface area contributed by atoms with E-state index < -0.39 is 0 Å². The second kappa shape index (κ2) is 7.52. The molecular weight excluding hydrogens is 320 g/mol. The molecule has 2 aromatic carbocycles. The number of aromatic nitrogens is 1. The van der Waals surface area contributed by atoms with Gasteiger partial charge in [-0.05, 0) is 54.0 Å². The zero-order valence-electron chi connectivity index (χ0n) is 14.6. The van der Waals surface area contributed by atoms with Gasteiger partial charge in [-0.2, -0.15) is 0 Å². The molecule has 0 spiro atoms. The highest BCUT2D eigenvalue weighted by Crippen LogP contribution is 2.47. The fraction of sp³-hybridized carbons (Fsp3) is 0.217. The standard InChI is InChI=1S/C23H22N2O/c26-23(25-20-11-5-2-6-12-20)22-15-19(18-10-7-13-24-16-18)14-21(22)17-8-3-1-4-9-17/h1-13,16,19,21-22H,14-15H2,(H,25,26). The third-order valence-corrected chi connectivity index (χ3v) is 5.32. The minimum absolute atomic E-state index is 0.0391. The van der Waals surface area contributed by atoms with Crippen molar-refractivity contribution in [2.24, 2.45) is 5.92 Å². The molecule has 0 aliphatic heterocycles. The Morgan fingerprint density at radius 3 is 2.23 bits per heavy atom. The number of amides is 1. The van der Waals surface area contributed by atoms with Crippen LogP contribution >= 0.6 is 0 Å². The van der Waals surface area contributed by atoms with E-state index >= 15 is 0 Å². The molecule has 1 aliphatic carbocycles. The van der Waals surface area contributed by atoms with Crippen molar-refractivity contribution in [2.45, 2.75) is 24.7 Å². The number of hydrogen-bond acceptors (Lipinski definition) is 2. The molecule has 1 heterocycles. The van der Waals surface area contributed by atoms with Crippen molar-refractivity contribution in [1.82, 2.24) is 4.98 Å². The molecule has 3 atom stereocenters. The van der Waals surface area contributed by atoms with Crippen LogP contribution in [0.15, 0.2) is 85.2 Å². The van der Waals surface area contributed by atoms with Gasteiger partial charge in [0.15, 0.2) is 0 Å². The Balaban J connectivity index is 1.60. The van der Waals surface area contributed by atoms with Crippen molar-refractivity contribution < 1.29 is 4.79 Å². The van der Waals surface area contributed by atoms with Gasteiger partial charge in [0.05, 0.1) is 0 Å². The van der Waals surface area contributed by atoms with Crippen molar-refractivity contribution in [3.8, 4) is 0 Å². The molecule has 1 aromatic heterocycles. The maximum absolute atomic E-state index is 13.0. The Bertz CT molecular complexity index is 849. The molecule has 130 valence electrons. The van der Waals surface area contributed by atoms with Crippen LogP contribution in [0.5, 0.6) is 0 Å². The molecular formula is C23H22N2O. The van der Waals surface area contributed by atoms with Gasteiger partial charge in [0, 0.05) is 24.0 Å². The summed E-state index contributed by atoms with van der Waals surface area (Å²) in [6.07, 6.45) is 5.56. The Labute approximate surface area is 154 Å². The van der Waals surface area contributed by atoms with E-state index in [1.165, 1.54) is 11.1 Å². The van der Waals surface area contributed by atoms with E-state index in [0.29, 0.717) is 5.92 Å². The van der Waals surface area contributed by atoms with Crippen molar-refractivity contribution >= 4 is 11.6 Å². The van der Waals surface area contributed by atoms with Crippen LogP contribution in [0.4, 0.5) is 5.69 Å². The molecule has 1 amide bonds. The lowest BCUT2D eigenvalue weighted by atomic mass is 9.88. The summed E-state index contributed by atoms with van der Waals surface area (Å²) >= 11 is 0. The van der Waals surface area contributed by atoms with E-state index in [-0.39, 0.29) is 17.7 Å². The fourth-order valence-corrected chi connectivity index (χ4v) is 4.04. The van der Waals surface area contributed by atoms with E-state index in [1.54, 1.807) is 6.20 Å². The average Bonchev–Trinajstić information content (AvgIpc) is 3.16. The smallest absolute Gasteiger partial charge is 0.228 e. The van der Waals surface area contributed by atoms with Gasteiger partial charge in [-0.25, -0.2) is 0 Å². The first kappa shape index (κ1) is 16.5. The Kier molecular flexibility index (Phi) is 4.78. The van der Waals surface area contributed by atoms with Crippen LogP contribution < -0.4 is 5.32 Å². The molecule has 1 aliphatic rings. The summed E-state index contributed by atoms with van der Waals surface area (Å²) in [5.74, 6) is 0.657. The highest BCUT2D eigenvalue weighted by atomic mass is 16.1. The van der Waals surface area contributed by atoms with Gasteiger partial charge in [0.25, 0.3) is 0 Å². The molecule has 1 saturated carbocycles. The fourth-order valence-electron chi connectivity index (χ4n) is 4.04. The second-order valence-electron chi connectivity index (χ2n) is 6.93. The minimum Gasteiger partial charge on any atom is -0.326 e. The van der Waals surface area contributed by atoms with Crippen LogP contribution in [-0.4, -0.2) is 10.9 Å². The first-order valence-electron chi connectivity index (χ1n) is 9.12. The highest BCUT2D eigenvalue weighted by Gasteiger charge is 2.40. The number of hydrogen-bond donors (Lipinski definition) is 1. The normalized spacial score (nSPS) is 22.1. The van der Waals surface area contributed by atoms with E-state index in [0.717, 1.165) is 18.5 Å². The maximum Gasteiger partial charge on any atom is 0.228 e. The summed E-state index contributed by atoms with van der Waals surface area (Å²) in [6.45, 7) is 0. The summed E-state index contributed by atoms with van der Waals surface area (Å²) in [5, 5.41) is 3.10. The Morgan fingerprint density at radius 2 is 1.54 bits per heavy atom. The SMILES string of the molecule is O=C(Nc1ccccc1)C1CC(c2cccnc2)CC1c1ccccc1. The Morgan fingerprint density at radius 1 is 0.846 bits per heavy atom. The van der Waals surface area contributed by atoms with Gasteiger partial charge in [0.2, 0.25) is 5.91 Å². The van der Waals surface area contributed by atoms with Crippen LogP contribution in [0, 0.1) is 5.92 Å². The summed E-state index contributed by atoms with van der Waals surface area (Å²) in [6, 6.07) is 24.2. The molecule has 1 fully saturated rings. The van der Waals surface area contributed by atoms with Crippen LogP contribution in [0.3, 0.4) is 0 Å². The van der Waals surface area contributed by atoms with Gasteiger partial charge in [-0.1, -0.05) is 54.6 Å². The molecule has 0 bridgehead atoms. The summed E-state index contributed by atoms with van der Waals surface area (Å²) in [7, 11) is 0. The van der Waals surface area contributed by atoms with Crippen molar-refractivity contribution in [3.63, 3.8) is 0 Å². The van der Waals surface area contributed by atoms with E-state index in [9.17, 15) is 4.79 Å². The largest absolute Gasteiger partial charge is 0.326 e. The third-order valence-electron chi connectivity index (χ3n) is 5.32. The lowest BCUT2D eigenvalue weighted by Crippen LogP contribution is -2.25. The predicted octanol–water partition coefficient (Wildman–Crippen LogP) is 5.00. The molecule has 4 rings (SSSR count). The zero-order chi connectivity index (χ0) is 17.8. The number of rotatable bonds is 4. The average molecular weight is 342 g/mol. The van der Waals surface area contributed by atoms with Crippen LogP contribution in [0.25, 0.3) is 0 Å². The van der Waals surface area contributed by atoms with Crippen LogP contribution in [0.2, 0.25) is 0 Å². The zero-order valence-corrected chi connectivity index (χ0v) is 14.6. The van der Waals surface area contributed by atoms with Crippen LogP contribution in [-0.2, 0) is 4.79 Å². The van der Waals surface area contributed by atoms with Gasteiger partial charge in [-0.3, -0.25) is 9.78 Å². The quantitative estimate of drug-likeness (QED) is 0.725. The lowest BCUT2D eigenvalue weighted by Gasteiger charge is -2.19. The number of benzene rings is 2. The van der Waals surface area contributed by atoms with Gasteiger partial charge >= 0.3 is 0 Å². The number of pyridine rings is 1. The monoisotopic (exact) mass is 342 g/mol. The number of carbonyl (C=O) groups is 1. The predicted molar refractivity (Wildman–Crippen MR) is 104 cm³/mol. The van der Waals surface area contributed by atoms with Gasteiger partial charge in [0.1, 0.15) is 0 Å². The Hall–Kier alpha value is -2.94. The third kappa shape index (κ3) is 3.52. The van der Waals surface area contributed by atoms with E-state index in [4.69, 9.17) is 0 Å². The summed E-state index contributed by atoms with van der Waals surface area (Å²) in [5.41, 5.74) is 3.32. The van der Waals surface area contributed by atoms with Crippen molar-refractivity contribution in [1.29, 1.82) is 0 Å². The molecule has 3 aromatic rings. The summed E-state index contributed by atoms with van der Waals surface area (Å²) in [4.78, 5) is 17.3. The van der Waals surface area contributed by atoms with Crippen LogP contribution in [0.1, 0.15) is 35.8 Å². The number of para-hydroxylation sites is 1. The highest BCUT2D eigenvalue weighted by molar-refractivity contribution is 5.93. The molecule has 0 saturated heterocycles. The summed E-state index contributed by atoms with van der Waals surface area (Å²) < 4.78 is 0. The second-order valence-corrected chi connectivity index (χ2v) is 6.93. The molecule has 3 heteroatoms. The first-order valence-corrected chi connectivity index (χ1v) is 9.12. The van der Waals surface area contributed by atoms with E-state index in [1.807, 2.05) is 48.7 Å². The van der Waals surface area contributed by atoms with Gasteiger partial charge in [-0.15, -0.1) is 0 Å². The minimum atomic E-state index is -0.0391. The molecule has 26 heavy (non-hydrogen) atoms. The number of anilines is 1. The number of nitrogens with one attached hydrogen (secondary N) is 1. The number of carbonyl (C=O) groups excluding carboxylic acids is 1. The molecule has 1 N–H and O–H groups in total. The lowest BCUT2D eigenvalue weighted by molar-refractivity contribution is -0.120. The molecule has 0 radical (unpaired) electrons. The molecule has 3 nitrogen and oxygen atoms in total. The maximum atomic E-state index is 13.0. The topological polar surface area (TPSA) is 42.0 Å². The van der Waals surface area contributed by atoms with Crippen molar-refractivity contribution in [3.05, 3.63) is 96.3 Å². The van der Waals surface area contributed by atoms with E-state index in [2.05, 4.69) is 40.6 Å². The van der Waals surface area contributed by atoms with Gasteiger partial charge < -0.3 is 5.32 Å². The number of nitrogens with zero attached hydrogens (tertiary/aromatic N) is 1. The molecule has 3 unspecified atom stereocenters. The van der Waals surface area contributed by atoms with Crippen molar-refractivity contribution in [2.75, 3.05) is 5.32 Å².